The molecule has 2 N–H and O–H groups in total. The molecule has 3 aromatic carbocycles. The molecule has 0 saturated heterocycles. The minimum Gasteiger partial charge on any atom is -0.462 e. The van der Waals surface area contributed by atoms with Gasteiger partial charge in [-0.1, -0.05) is 34.8 Å². The summed E-state index contributed by atoms with van der Waals surface area (Å²) in [7, 11) is 0. The fraction of sp³-hybridized carbons (Fsp3) is 0.0769. The minimum atomic E-state index is -0.714. The van der Waals surface area contributed by atoms with Crippen LogP contribution < -0.4 is 15.5 Å². The van der Waals surface area contributed by atoms with E-state index in [1.54, 1.807) is 37.3 Å². The molecule has 0 atom stereocenters. The standard InChI is InChI=1S/C26H18Cl3N3O5/c1-2-37-26(36)15-5-9-20(10-6-15)32-24(34)21(29)22(25(32)35)30-18-7-3-14(4-8-18)23(33)31-19-12-16(27)11-17(28)13-19/h3-13,30H,2H2,1H3,(H,31,33). The van der Waals surface area contributed by atoms with E-state index in [4.69, 9.17) is 39.5 Å². The van der Waals surface area contributed by atoms with Crippen LogP contribution >= 0.6 is 34.8 Å². The third kappa shape index (κ3) is 5.77. The monoisotopic (exact) mass is 557 g/mol. The molecule has 0 fully saturated rings. The van der Waals surface area contributed by atoms with Gasteiger partial charge in [0.2, 0.25) is 0 Å². The molecule has 4 rings (SSSR count). The van der Waals surface area contributed by atoms with Gasteiger partial charge < -0.3 is 15.4 Å². The molecule has 0 saturated carbocycles. The van der Waals surface area contributed by atoms with Crippen molar-refractivity contribution < 1.29 is 23.9 Å². The summed E-state index contributed by atoms with van der Waals surface area (Å²) >= 11 is 18.1. The number of carbonyl (C=O) groups excluding carboxylic acids is 4. The van der Waals surface area contributed by atoms with Crippen molar-refractivity contribution in [3.05, 3.63) is 98.6 Å². The number of imide groups is 1. The van der Waals surface area contributed by atoms with Gasteiger partial charge in [-0.05, 0) is 73.7 Å². The smallest absolute Gasteiger partial charge is 0.338 e. The lowest BCUT2D eigenvalue weighted by atomic mass is 10.2. The zero-order valence-corrected chi connectivity index (χ0v) is 21.4. The summed E-state index contributed by atoms with van der Waals surface area (Å²) in [5.41, 5.74) is 1.60. The fourth-order valence-corrected chi connectivity index (χ4v) is 4.22. The summed E-state index contributed by atoms with van der Waals surface area (Å²) in [4.78, 5) is 51.0. The number of carbonyl (C=O) groups is 4. The average Bonchev–Trinajstić information content (AvgIpc) is 3.07. The maximum absolute atomic E-state index is 13.0. The summed E-state index contributed by atoms with van der Waals surface area (Å²) in [6, 6.07) is 16.7. The van der Waals surface area contributed by atoms with Crippen molar-refractivity contribution in [3.8, 4) is 0 Å². The number of hydrogen-bond acceptors (Lipinski definition) is 6. The van der Waals surface area contributed by atoms with Crippen molar-refractivity contribution in [2.45, 2.75) is 6.92 Å². The number of nitrogens with zero attached hydrogens (tertiary/aromatic N) is 1. The Morgan fingerprint density at radius 3 is 2.00 bits per heavy atom. The highest BCUT2D eigenvalue weighted by Crippen LogP contribution is 2.30. The number of halogens is 3. The molecule has 8 nitrogen and oxygen atoms in total. The van der Waals surface area contributed by atoms with Gasteiger partial charge in [0.05, 0.1) is 17.9 Å². The normalized spacial score (nSPS) is 13.1. The van der Waals surface area contributed by atoms with E-state index in [1.165, 1.54) is 36.4 Å². The van der Waals surface area contributed by atoms with Crippen LogP contribution in [-0.2, 0) is 14.3 Å². The first kappa shape index (κ1) is 26.2. The second-order valence-corrected chi connectivity index (χ2v) is 8.97. The molecule has 0 aromatic heterocycles. The van der Waals surface area contributed by atoms with Crippen LogP contribution in [0, 0.1) is 0 Å². The van der Waals surface area contributed by atoms with E-state index in [2.05, 4.69) is 10.6 Å². The SMILES string of the molecule is CCOC(=O)c1ccc(N2C(=O)C(Cl)=C(Nc3ccc(C(=O)Nc4cc(Cl)cc(Cl)c4)cc3)C2=O)cc1. The summed E-state index contributed by atoms with van der Waals surface area (Å²) in [5.74, 6) is -2.29. The molecule has 1 aliphatic rings. The van der Waals surface area contributed by atoms with Crippen molar-refractivity contribution >= 4 is 75.6 Å². The maximum Gasteiger partial charge on any atom is 0.338 e. The second-order valence-electron chi connectivity index (χ2n) is 7.72. The molecule has 1 aliphatic heterocycles. The van der Waals surface area contributed by atoms with E-state index in [-0.39, 0.29) is 28.6 Å². The molecule has 3 aromatic rings. The largest absolute Gasteiger partial charge is 0.462 e. The lowest BCUT2D eigenvalue weighted by Crippen LogP contribution is -2.32. The molecule has 0 bridgehead atoms. The molecule has 188 valence electrons. The van der Waals surface area contributed by atoms with Gasteiger partial charge in [0, 0.05) is 27.0 Å². The molecule has 0 unspecified atom stereocenters. The summed E-state index contributed by atoms with van der Waals surface area (Å²) in [6.07, 6.45) is 0. The Kier molecular flexibility index (Phi) is 7.83. The highest BCUT2D eigenvalue weighted by Gasteiger charge is 2.39. The zero-order valence-electron chi connectivity index (χ0n) is 19.2. The Hall–Kier alpha value is -3.85. The molecule has 3 amide bonds. The number of benzene rings is 3. The fourth-order valence-electron chi connectivity index (χ4n) is 3.49. The Labute approximate surface area is 226 Å². The van der Waals surface area contributed by atoms with Crippen LogP contribution in [0.25, 0.3) is 0 Å². The highest BCUT2D eigenvalue weighted by atomic mass is 35.5. The Balaban J connectivity index is 1.46. The predicted molar refractivity (Wildman–Crippen MR) is 142 cm³/mol. The summed E-state index contributed by atoms with van der Waals surface area (Å²) in [5, 5.41) is 6.01. The Bertz CT molecular complexity index is 1420. The van der Waals surface area contributed by atoms with E-state index in [9.17, 15) is 19.2 Å². The van der Waals surface area contributed by atoms with Gasteiger partial charge in [0.15, 0.2) is 0 Å². The average molecular weight is 559 g/mol. The predicted octanol–water partition coefficient (Wildman–Crippen LogP) is 5.86. The first-order chi connectivity index (χ1) is 17.7. The van der Waals surface area contributed by atoms with Gasteiger partial charge in [0.1, 0.15) is 10.7 Å². The first-order valence-corrected chi connectivity index (χ1v) is 12.0. The van der Waals surface area contributed by atoms with Crippen molar-refractivity contribution in [1.82, 2.24) is 0 Å². The second kappa shape index (κ2) is 11.0. The Morgan fingerprint density at radius 2 is 1.41 bits per heavy atom. The number of esters is 1. The van der Waals surface area contributed by atoms with Crippen molar-refractivity contribution in [1.29, 1.82) is 0 Å². The minimum absolute atomic E-state index is 0.119. The van der Waals surface area contributed by atoms with Crippen molar-refractivity contribution in [2.24, 2.45) is 0 Å². The third-order valence-corrected chi connectivity index (χ3v) is 5.99. The van der Waals surface area contributed by atoms with E-state index in [0.717, 1.165) is 4.90 Å². The zero-order chi connectivity index (χ0) is 26.7. The molecule has 0 aliphatic carbocycles. The number of rotatable bonds is 7. The van der Waals surface area contributed by atoms with Crippen LogP contribution in [0.5, 0.6) is 0 Å². The summed E-state index contributed by atoms with van der Waals surface area (Å²) in [6.45, 7) is 1.91. The number of anilines is 3. The van der Waals surface area contributed by atoms with Gasteiger partial charge >= 0.3 is 5.97 Å². The van der Waals surface area contributed by atoms with Gasteiger partial charge in [-0.3, -0.25) is 14.4 Å². The highest BCUT2D eigenvalue weighted by molar-refractivity contribution is 6.53. The number of amides is 3. The van der Waals surface area contributed by atoms with Gasteiger partial charge in [-0.15, -0.1) is 0 Å². The molecule has 0 spiro atoms. The maximum atomic E-state index is 13.0. The first-order valence-electron chi connectivity index (χ1n) is 10.9. The molecular weight excluding hydrogens is 541 g/mol. The Morgan fingerprint density at radius 1 is 0.811 bits per heavy atom. The van der Waals surface area contributed by atoms with Crippen LogP contribution in [0.1, 0.15) is 27.6 Å². The lowest BCUT2D eigenvalue weighted by Gasteiger charge is -2.15. The van der Waals surface area contributed by atoms with E-state index < -0.39 is 23.7 Å². The van der Waals surface area contributed by atoms with Crippen molar-refractivity contribution in [2.75, 3.05) is 22.1 Å². The number of nitrogens with one attached hydrogen (secondary N) is 2. The van der Waals surface area contributed by atoms with E-state index in [0.29, 0.717) is 27.0 Å². The van der Waals surface area contributed by atoms with Crippen LogP contribution in [0.3, 0.4) is 0 Å². The van der Waals surface area contributed by atoms with Gasteiger partial charge in [-0.2, -0.15) is 0 Å². The number of hydrogen-bond donors (Lipinski definition) is 2. The third-order valence-electron chi connectivity index (χ3n) is 5.20. The van der Waals surface area contributed by atoms with Crippen LogP contribution in [0.4, 0.5) is 17.1 Å². The van der Waals surface area contributed by atoms with E-state index in [1.807, 2.05) is 0 Å². The molecule has 0 radical (unpaired) electrons. The lowest BCUT2D eigenvalue weighted by molar-refractivity contribution is -0.120. The van der Waals surface area contributed by atoms with Crippen LogP contribution in [-0.4, -0.2) is 30.3 Å². The van der Waals surface area contributed by atoms with Gasteiger partial charge in [0.25, 0.3) is 17.7 Å². The quantitative estimate of drug-likeness (QED) is 0.278. The van der Waals surface area contributed by atoms with Crippen LogP contribution in [0.2, 0.25) is 10.0 Å². The molecule has 11 heteroatoms. The van der Waals surface area contributed by atoms with Crippen LogP contribution in [0.15, 0.2) is 77.5 Å². The molecular formula is C26H18Cl3N3O5. The number of ether oxygens (including phenoxy) is 1. The molecule has 37 heavy (non-hydrogen) atoms. The van der Waals surface area contributed by atoms with E-state index >= 15 is 0 Å². The summed E-state index contributed by atoms with van der Waals surface area (Å²) < 4.78 is 4.94. The van der Waals surface area contributed by atoms with Gasteiger partial charge in [-0.25, -0.2) is 9.69 Å². The van der Waals surface area contributed by atoms with Crippen molar-refractivity contribution in [3.63, 3.8) is 0 Å². The topological polar surface area (TPSA) is 105 Å². The molecule has 1 heterocycles.